The van der Waals surface area contributed by atoms with Gasteiger partial charge in [-0.1, -0.05) is 31.5 Å². The van der Waals surface area contributed by atoms with Gasteiger partial charge in [-0.25, -0.2) is 0 Å². The van der Waals surface area contributed by atoms with Gasteiger partial charge in [-0.3, -0.25) is 0 Å². The maximum Gasteiger partial charge on any atom is 0.0263 e. The van der Waals surface area contributed by atoms with Crippen LogP contribution in [0.2, 0.25) is 0 Å². The zero-order valence-corrected chi connectivity index (χ0v) is 12.0. The monoisotopic (exact) mass is 249 g/mol. The number of hydrogen-bond acceptors (Lipinski definition) is 2. The van der Waals surface area contributed by atoms with Crippen molar-refractivity contribution in [2.45, 2.75) is 49.3 Å². The summed E-state index contributed by atoms with van der Waals surface area (Å²) in [5.41, 5.74) is 1.54. The van der Waals surface area contributed by atoms with Crippen LogP contribution in [0.4, 0.5) is 0 Å². The molecule has 2 heteroatoms. The van der Waals surface area contributed by atoms with E-state index in [-0.39, 0.29) is 0 Å². The van der Waals surface area contributed by atoms with Crippen LogP contribution in [0, 0.1) is 0 Å². The van der Waals surface area contributed by atoms with Gasteiger partial charge in [0.25, 0.3) is 0 Å². The van der Waals surface area contributed by atoms with Crippen molar-refractivity contribution in [3.63, 3.8) is 0 Å². The van der Waals surface area contributed by atoms with Crippen molar-refractivity contribution >= 4 is 11.8 Å². The molecule has 0 saturated carbocycles. The van der Waals surface area contributed by atoms with E-state index in [0.717, 1.165) is 5.25 Å². The Morgan fingerprint density at radius 3 is 2.88 bits per heavy atom. The molecule has 1 nitrogen and oxygen atoms in total. The third-order valence-electron chi connectivity index (χ3n) is 3.66. The SMILES string of the molecule is CCCC(C)N(C)CC1Cc2ccccc2S1. The lowest BCUT2D eigenvalue weighted by molar-refractivity contribution is 0.246. The van der Waals surface area contributed by atoms with Crippen LogP contribution in [0.3, 0.4) is 0 Å². The summed E-state index contributed by atoms with van der Waals surface area (Å²) in [6, 6.07) is 9.56. The molecule has 0 spiro atoms. The quantitative estimate of drug-likeness (QED) is 0.780. The molecule has 1 aliphatic heterocycles. The first kappa shape index (κ1) is 13.0. The molecule has 0 fully saturated rings. The Morgan fingerprint density at radius 2 is 2.18 bits per heavy atom. The highest BCUT2D eigenvalue weighted by Crippen LogP contribution is 2.37. The van der Waals surface area contributed by atoms with E-state index in [1.807, 2.05) is 0 Å². The molecule has 0 N–H and O–H groups in total. The first-order valence-corrected chi connectivity index (χ1v) is 7.53. The fourth-order valence-electron chi connectivity index (χ4n) is 2.50. The third kappa shape index (κ3) is 3.26. The number of hydrogen-bond donors (Lipinski definition) is 0. The van der Waals surface area contributed by atoms with Gasteiger partial charge >= 0.3 is 0 Å². The lowest BCUT2D eigenvalue weighted by atomic mass is 10.1. The van der Waals surface area contributed by atoms with Crippen LogP contribution >= 0.6 is 11.8 Å². The van der Waals surface area contributed by atoms with Crippen molar-refractivity contribution in [1.82, 2.24) is 4.90 Å². The van der Waals surface area contributed by atoms with E-state index < -0.39 is 0 Å². The van der Waals surface area contributed by atoms with E-state index in [0.29, 0.717) is 6.04 Å². The number of fused-ring (bicyclic) bond motifs is 1. The largest absolute Gasteiger partial charge is 0.303 e. The molecule has 0 amide bonds. The molecule has 0 aromatic heterocycles. The van der Waals surface area contributed by atoms with Gasteiger partial charge in [-0.05, 0) is 38.4 Å². The molecule has 2 rings (SSSR count). The van der Waals surface area contributed by atoms with Crippen LogP contribution in [-0.4, -0.2) is 29.8 Å². The second-order valence-electron chi connectivity index (χ2n) is 5.13. The van der Waals surface area contributed by atoms with Crippen LogP contribution in [0.1, 0.15) is 32.3 Å². The second kappa shape index (κ2) is 5.92. The highest BCUT2D eigenvalue weighted by atomic mass is 32.2. The van der Waals surface area contributed by atoms with Gasteiger partial charge in [-0.2, -0.15) is 0 Å². The van der Waals surface area contributed by atoms with E-state index in [4.69, 9.17) is 0 Å². The highest BCUT2D eigenvalue weighted by molar-refractivity contribution is 8.00. The van der Waals surface area contributed by atoms with Gasteiger partial charge in [0.15, 0.2) is 0 Å². The Balaban J connectivity index is 1.87. The minimum atomic E-state index is 0.712. The zero-order valence-electron chi connectivity index (χ0n) is 11.1. The molecule has 1 aromatic carbocycles. The maximum atomic E-state index is 2.52. The van der Waals surface area contributed by atoms with Gasteiger partial charge < -0.3 is 4.90 Å². The molecule has 0 radical (unpaired) electrons. The Bertz CT molecular complexity index is 339. The zero-order chi connectivity index (χ0) is 12.3. The van der Waals surface area contributed by atoms with E-state index in [2.05, 4.69) is 61.8 Å². The average Bonchev–Trinajstić information content (AvgIpc) is 2.71. The Kier molecular flexibility index (Phi) is 4.52. The van der Waals surface area contributed by atoms with Crippen LogP contribution in [0.25, 0.3) is 0 Å². The Labute approximate surface area is 110 Å². The predicted molar refractivity (Wildman–Crippen MR) is 76.8 cm³/mol. The smallest absolute Gasteiger partial charge is 0.0263 e. The maximum absolute atomic E-state index is 2.52. The molecule has 17 heavy (non-hydrogen) atoms. The molecule has 1 heterocycles. The van der Waals surface area contributed by atoms with Crippen LogP contribution in [-0.2, 0) is 6.42 Å². The fraction of sp³-hybridized carbons (Fsp3) is 0.600. The number of thioether (sulfide) groups is 1. The van der Waals surface area contributed by atoms with Gasteiger partial charge in [-0.15, -0.1) is 11.8 Å². The Morgan fingerprint density at radius 1 is 1.41 bits per heavy atom. The van der Waals surface area contributed by atoms with Crippen molar-refractivity contribution in [2.24, 2.45) is 0 Å². The minimum absolute atomic E-state index is 0.712. The number of nitrogens with zero attached hydrogens (tertiary/aromatic N) is 1. The topological polar surface area (TPSA) is 3.24 Å². The summed E-state index contributed by atoms with van der Waals surface area (Å²) in [6.07, 6.45) is 3.83. The molecule has 94 valence electrons. The third-order valence-corrected chi connectivity index (χ3v) is 4.97. The first-order chi connectivity index (χ1) is 8.20. The average molecular weight is 249 g/mol. The number of rotatable bonds is 5. The number of benzene rings is 1. The molecule has 0 bridgehead atoms. The standard InChI is InChI=1S/C15H23NS/c1-4-7-12(2)16(3)11-14-10-13-8-5-6-9-15(13)17-14/h5-6,8-9,12,14H,4,7,10-11H2,1-3H3. The normalized spacial score (nSPS) is 20.6. The summed E-state index contributed by atoms with van der Waals surface area (Å²) in [4.78, 5) is 4.02. The van der Waals surface area contributed by atoms with E-state index in [1.54, 1.807) is 5.56 Å². The highest BCUT2D eigenvalue weighted by Gasteiger charge is 2.23. The molecular weight excluding hydrogens is 226 g/mol. The van der Waals surface area contributed by atoms with Crippen molar-refractivity contribution in [3.8, 4) is 0 Å². The van der Waals surface area contributed by atoms with E-state index >= 15 is 0 Å². The summed E-state index contributed by atoms with van der Waals surface area (Å²) in [5, 5.41) is 0.747. The van der Waals surface area contributed by atoms with Gasteiger partial charge in [0.05, 0.1) is 0 Å². The molecule has 0 saturated heterocycles. The first-order valence-electron chi connectivity index (χ1n) is 6.65. The van der Waals surface area contributed by atoms with E-state index in [9.17, 15) is 0 Å². The van der Waals surface area contributed by atoms with Gasteiger partial charge in [0, 0.05) is 22.7 Å². The predicted octanol–water partition coefficient (Wildman–Crippen LogP) is 3.82. The summed E-state index contributed by atoms with van der Waals surface area (Å²) < 4.78 is 0. The molecule has 0 aliphatic carbocycles. The second-order valence-corrected chi connectivity index (χ2v) is 6.47. The fourth-order valence-corrected chi connectivity index (χ4v) is 3.89. The summed E-state index contributed by atoms with van der Waals surface area (Å²) in [5.74, 6) is 0. The molecular formula is C15H23NS. The van der Waals surface area contributed by atoms with E-state index in [1.165, 1.54) is 30.7 Å². The summed E-state index contributed by atoms with van der Waals surface area (Å²) in [6.45, 7) is 5.82. The van der Waals surface area contributed by atoms with Crippen molar-refractivity contribution in [1.29, 1.82) is 0 Å². The summed E-state index contributed by atoms with van der Waals surface area (Å²) in [7, 11) is 2.27. The van der Waals surface area contributed by atoms with Crippen molar-refractivity contribution < 1.29 is 0 Å². The van der Waals surface area contributed by atoms with Crippen LogP contribution in [0.5, 0.6) is 0 Å². The van der Waals surface area contributed by atoms with Crippen LogP contribution in [0.15, 0.2) is 29.2 Å². The molecule has 1 aliphatic rings. The van der Waals surface area contributed by atoms with Crippen molar-refractivity contribution in [2.75, 3.05) is 13.6 Å². The molecule has 2 atom stereocenters. The lowest BCUT2D eigenvalue weighted by Gasteiger charge is -2.26. The summed E-state index contributed by atoms with van der Waals surface area (Å²) >= 11 is 2.06. The Hall–Kier alpha value is -0.470. The van der Waals surface area contributed by atoms with Crippen molar-refractivity contribution in [3.05, 3.63) is 29.8 Å². The molecule has 2 unspecified atom stereocenters. The van der Waals surface area contributed by atoms with Crippen LogP contribution < -0.4 is 0 Å². The minimum Gasteiger partial charge on any atom is -0.303 e. The molecule has 1 aromatic rings. The lowest BCUT2D eigenvalue weighted by Crippen LogP contribution is -2.34. The van der Waals surface area contributed by atoms with Gasteiger partial charge in [0.1, 0.15) is 0 Å². The van der Waals surface area contributed by atoms with Gasteiger partial charge in [0.2, 0.25) is 0 Å².